The fourth-order valence-corrected chi connectivity index (χ4v) is 2.51. The number of halogens is 4. The van der Waals surface area contributed by atoms with E-state index < -0.39 is 0 Å². The second kappa shape index (κ2) is 5.81. The number of hydrogen-bond acceptors (Lipinski definition) is 1. The molecule has 1 nitrogen and oxygen atoms in total. The molecule has 0 amide bonds. The summed E-state index contributed by atoms with van der Waals surface area (Å²) in [5.41, 5.74) is 7.85. The van der Waals surface area contributed by atoms with Crippen LogP contribution in [0.4, 0.5) is 0 Å². The smallest absolute Gasteiger partial charge is 0.0643 e. The van der Waals surface area contributed by atoms with Crippen LogP contribution in [0.3, 0.4) is 0 Å². The highest BCUT2D eigenvalue weighted by Gasteiger charge is 2.15. The Labute approximate surface area is 129 Å². The first-order chi connectivity index (χ1) is 8.50. The molecule has 0 aliphatic heterocycles. The average Bonchev–Trinajstić information content (AvgIpc) is 2.35. The molecule has 0 heterocycles. The van der Waals surface area contributed by atoms with E-state index in [0.717, 1.165) is 15.6 Å². The minimum Gasteiger partial charge on any atom is -0.320 e. The Bertz CT molecular complexity index is 586. The van der Waals surface area contributed by atoms with Gasteiger partial charge in [0, 0.05) is 4.47 Å². The predicted molar refractivity (Wildman–Crippen MR) is 81.6 cm³/mol. The average molecular weight is 365 g/mol. The van der Waals surface area contributed by atoms with Gasteiger partial charge in [0.25, 0.3) is 0 Å². The molecule has 2 N–H and O–H groups in total. The topological polar surface area (TPSA) is 26.0 Å². The van der Waals surface area contributed by atoms with E-state index >= 15 is 0 Å². The molecule has 1 atom stereocenters. The third-order valence-electron chi connectivity index (χ3n) is 2.62. The van der Waals surface area contributed by atoms with Gasteiger partial charge in [0.15, 0.2) is 0 Å². The third-order valence-corrected chi connectivity index (χ3v) is 4.69. The van der Waals surface area contributed by atoms with Crippen LogP contribution in [0, 0.1) is 0 Å². The van der Waals surface area contributed by atoms with Gasteiger partial charge in [0.1, 0.15) is 0 Å². The Hall–Kier alpha value is -0.250. The summed E-state index contributed by atoms with van der Waals surface area (Å²) in [6.07, 6.45) is 0. The Morgan fingerprint density at radius 2 is 1.72 bits per heavy atom. The quantitative estimate of drug-likeness (QED) is 0.752. The first kappa shape index (κ1) is 14.2. The zero-order valence-corrected chi connectivity index (χ0v) is 13.0. The van der Waals surface area contributed by atoms with Gasteiger partial charge in [-0.3, -0.25) is 0 Å². The van der Waals surface area contributed by atoms with Crippen molar-refractivity contribution in [1.29, 1.82) is 0 Å². The van der Waals surface area contributed by atoms with Crippen LogP contribution in [0.25, 0.3) is 0 Å². The van der Waals surface area contributed by atoms with E-state index in [9.17, 15) is 0 Å². The Kier molecular flexibility index (Phi) is 4.57. The highest BCUT2D eigenvalue weighted by atomic mass is 79.9. The van der Waals surface area contributed by atoms with E-state index in [1.165, 1.54) is 0 Å². The fourth-order valence-electron chi connectivity index (χ4n) is 1.65. The van der Waals surface area contributed by atoms with E-state index in [-0.39, 0.29) is 6.04 Å². The van der Waals surface area contributed by atoms with Crippen molar-refractivity contribution in [3.05, 3.63) is 67.1 Å². The predicted octanol–water partition coefficient (Wildman–Crippen LogP) is 5.46. The summed E-state index contributed by atoms with van der Waals surface area (Å²) in [4.78, 5) is 0. The zero-order valence-electron chi connectivity index (χ0n) is 9.13. The molecule has 2 rings (SSSR count). The van der Waals surface area contributed by atoms with Gasteiger partial charge in [-0.2, -0.15) is 0 Å². The molecular formula is C13H9BrCl3N. The first-order valence-electron chi connectivity index (χ1n) is 5.15. The molecule has 2 aromatic rings. The second-order valence-electron chi connectivity index (χ2n) is 3.79. The van der Waals surface area contributed by atoms with E-state index in [1.807, 2.05) is 30.3 Å². The summed E-state index contributed by atoms with van der Waals surface area (Å²) in [6.45, 7) is 0. The minimum absolute atomic E-state index is 0.359. The maximum Gasteiger partial charge on any atom is 0.0643 e. The van der Waals surface area contributed by atoms with E-state index in [1.54, 1.807) is 6.07 Å². The van der Waals surface area contributed by atoms with Crippen LogP contribution in [0.2, 0.25) is 15.1 Å². The lowest BCUT2D eigenvalue weighted by Gasteiger charge is -2.15. The van der Waals surface area contributed by atoms with Crippen molar-refractivity contribution >= 4 is 50.7 Å². The van der Waals surface area contributed by atoms with Gasteiger partial charge in [-0.1, -0.05) is 53.0 Å². The Balaban J connectivity index is 2.44. The molecule has 0 fully saturated rings. The highest BCUT2D eigenvalue weighted by molar-refractivity contribution is 9.10. The van der Waals surface area contributed by atoms with Crippen LogP contribution in [-0.4, -0.2) is 0 Å². The number of hydrogen-bond donors (Lipinski definition) is 1. The van der Waals surface area contributed by atoms with Crippen molar-refractivity contribution in [1.82, 2.24) is 0 Å². The standard InChI is InChI=1S/C13H9BrCl3N/c14-9-5-4-7(6-11(9)16)13(18)8-2-1-3-10(15)12(8)17/h1-6,13H,18H2. The molecule has 0 spiro atoms. The van der Waals surface area contributed by atoms with Gasteiger partial charge in [-0.25, -0.2) is 0 Å². The van der Waals surface area contributed by atoms with E-state index in [4.69, 9.17) is 40.5 Å². The zero-order chi connectivity index (χ0) is 13.3. The number of benzene rings is 2. The monoisotopic (exact) mass is 363 g/mol. The molecule has 0 aliphatic rings. The number of nitrogens with two attached hydrogens (primary N) is 1. The lowest BCUT2D eigenvalue weighted by Crippen LogP contribution is -2.12. The maximum absolute atomic E-state index is 6.19. The van der Waals surface area contributed by atoms with Crippen molar-refractivity contribution in [2.75, 3.05) is 0 Å². The molecule has 0 saturated carbocycles. The van der Waals surface area contributed by atoms with Crippen molar-refractivity contribution < 1.29 is 0 Å². The number of rotatable bonds is 2. The molecule has 0 bridgehead atoms. The molecule has 94 valence electrons. The van der Waals surface area contributed by atoms with Crippen LogP contribution in [0.15, 0.2) is 40.9 Å². The second-order valence-corrected chi connectivity index (χ2v) is 5.84. The first-order valence-corrected chi connectivity index (χ1v) is 7.08. The molecule has 0 saturated heterocycles. The molecular weight excluding hydrogens is 356 g/mol. The molecule has 5 heteroatoms. The molecule has 1 unspecified atom stereocenters. The van der Waals surface area contributed by atoms with Gasteiger partial charge >= 0.3 is 0 Å². The molecule has 18 heavy (non-hydrogen) atoms. The SMILES string of the molecule is NC(c1ccc(Br)c(Cl)c1)c1cccc(Cl)c1Cl. The minimum atomic E-state index is -0.359. The van der Waals surface area contributed by atoms with Crippen LogP contribution >= 0.6 is 50.7 Å². The Morgan fingerprint density at radius 3 is 2.39 bits per heavy atom. The molecule has 0 radical (unpaired) electrons. The third kappa shape index (κ3) is 2.84. The van der Waals surface area contributed by atoms with Crippen LogP contribution in [0.1, 0.15) is 17.2 Å². The van der Waals surface area contributed by atoms with E-state index in [0.29, 0.717) is 15.1 Å². The van der Waals surface area contributed by atoms with Crippen molar-refractivity contribution in [3.8, 4) is 0 Å². The van der Waals surface area contributed by atoms with Gasteiger partial charge in [0.2, 0.25) is 0 Å². The van der Waals surface area contributed by atoms with Gasteiger partial charge in [-0.15, -0.1) is 0 Å². The summed E-state index contributed by atoms with van der Waals surface area (Å²) in [6, 6.07) is 10.6. The van der Waals surface area contributed by atoms with Crippen molar-refractivity contribution in [2.45, 2.75) is 6.04 Å². The largest absolute Gasteiger partial charge is 0.320 e. The lowest BCUT2D eigenvalue weighted by molar-refractivity contribution is 0.871. The normalized spacial score (nSPS) is 12.5. The summed E-state index contributed by atoms with van der Waals surface area (Å²) < 4.78 is 0.831. The van der Waals surface area contributed by atoms with Gasteiger partial charge in [0.05, 0.1) is 21.1 Å². The summed E-state index contributed by atoms with van der Waals surface area (Å²) in [7, 11) is 0. The lowest BCUT2D eigenvalue weighted by atomic mass is 10.00. The van der Waals surface area contributed by atoms with Crippen molar-refractivity contribution in [2.24, 2.45) is 5.73 Å². The van der Waals surface area contributed by atoms with Crippen LogP contribution in [-0.2, 0) is 0 Å². The van der Waals surface area contributed by atoms with Crippen LogP contribution in [0.5, 0.6) is 0 Å². The van der Waals surface area contributed by atoms with Crippen LogP contribution < -0.4 is 5.73 Å². The molecule has 2 aromatic carbocycles. The summed E-state index contributed by atoms with van der Waals surface area (Å²) in [5, 5.41) is 1.58. The van der Waals surface area contributed by atoms with E-state index in [2.05, 4.69) is 15.9 Å². The van der Waals surface area contributed by atoms with Gasteiger partial charge in [-0.05, 0) is 45.3 Å². The highest BCUT2D eigenvalue weighted by Crippen LogP contribution is 2.33. The maximum atomic E-state index is 6.19. The molecule has 0 aliphatic carbocycles. The van der Waals surface area contributed by atoms with Crippen molar-refractivity contribution in [3.63, 3.8) is 0 Å². The molecule has 0 aromatic heterocycles. The van der Waals surface area contributed by atoms with Gasteiger partial charge < -0.3 is 5.73 Å². The Morgan fingerprint density at radius 1 is 1.00 bits per heavy atom. The summed E-state index contributed by atoms with van der Waals surface area (Å²) in [5.74, 6) is 0. The summed E-state index contributed by atoms with van der Waals surface area (Å²) >= 11 is 21.5. The fraction of sp³-hybridized carbons (Fsp3) is 0.0769.